The highest BCUT2D eigenvalue weighted by atomic mass is 16.5. The molecule has 0 spiro atoms. The van der Waals surface area contributed by atoms with Gasteiger partial charge in [0.1, 0.15) is 12.4 Å². The van der Waals surface area contributed by atoms with Gasteiger partial charge >= 0.3 is 0 Å². The van der Waals surface area contributed by atoms with Crippen molar-refractivity contribution in [2.45, 2.75) is 13.5 Å². The summed E-state index contributed by atoms with van der Waals surface area (Å²) in [6, 6.07) is 21.5. The molecule has 0 saturated carbocycles. The maximum Gasteiger partial charge on any atom is 0.161 e. The fraction of sp³-hybridized carbons (Fsp3) is 0.100. The van der Waals surface area contributed by atoms with Crippen molar-refractivity contribution < 1.29 is 9.53 Å². The molecule has 0 amide bonds. The predicted molar refractivity (Wildman–Crippen MR) is 90.5 cm³/mol. The van der Waals surface area contributed by atoms with Crippen molar-refractivity contribution in [1.82, 2.24) is 4.98 Å². The van der Waals surface area contributed by atoms with Crippen molar-refractivity contribution in [2.24, 2.45) is 0 Å². The number of Topliss-reactive ketones (excluding diaryl/α,β-unsaturated/α-hetero) is 1. The summed E-state index contributed by atoms with van der Waals surface area (Å²) < 4.78 is 5.95. The Labute approximate surface area is 135 Å². The highest BCUT2D eigenvalue weighted by Crippen LogP contribution is 2.29. The van der Waals surface area contributed by atoms with E-state index in [9.17, 15) is 4.79 Å². The van der Waals surface area contributed by atoms with E-state index < -0.39 is 0 Å². The first-order valence-electron chi connectivity index (χ1n) is 7.47. The minimum Gasteiger partial charge on any atom is -0.488 e. The molecule has 3 rings (SSSR count). The fourth-order valence-electron chi connectivity index (χ4n) is 2.30. The molecule has 0 unspecified atom stereocenters. The number of carbonyl (C=O) groups is 1. The van der Waals surface area contributed by atoms with Crippen LogP contribution in [0.25, 0.3) is 11.3 Å². The molecule has 0 bridgehead atoms. The molecule has 0 fully saturated rings. The second-order valence-corrected chi connectivity index (χ2v) is 5.26. The van der Waals surface area contributed by atoms with Crippen LogP contribution in [0.1, 0.15) is 22.8 Å². The van der Waals surface area contributed by atoms with Gasteiger partial charge in [-0.2, -0.15) is 0 Å². The SMILES string of the molecule is CC(=O)c1ccc(-c2ccccc2OCc2ccccc2)nc1. The zero-order valence-electron chi connectivity index (χ0n) is 12.9. The van der Waals surface area contributed by atoms with E-state index in [1.54, 1.807) is 12.3 Å². The van der Waals surface area contributed by atoms with Crippen LogP contribution in [0, 0.1) is 0 Å². The van der Waals surface area contributed by atoms with Crippen molar-refractivity contribution in [2.75, 3.05) is 0 Å². The minimum atomic E-state index is 0.0117. The average Bonchev–Trinajstić information content (AvgIpc) is 2.61. The van der Waals surface area contributed by atoms with Crippen molar-refractivity contribution in [3.05, 3.63) is 84.1 Å². The summed E-state index contributed by atoms with van der Waals surface area (Å²) in [4.78, 5) is 15.7. The Bertz CT molecular complexity index is 795. The molecule has 0 atom stereocenters. The molecule has 3 heteroatoms. The van der Waals surface area contributed by atoms with Crippen LogP contribution in [-0.2, 0) is 6.61 Å². The molecule has 3 nitrogen and oxygen atoms in total. The summed E-state index contributed by atoms with van der Waals surface area (Å²) in [6.07, 6.45) is 1.60. The van der Waals surface area contributed by atoms with Crippen molar-refractivity contribution in [3.8, 4) is 17.0 Å². The molecule has 0 aliphatic carbocycles. The Kier molecular flexibility index (Phi) is 4.48. The highest BCUT2D eigenvalue weighted by molar-refractivity contribution is 5.94. The van der Waals surface area contributed by atoms with Gasteiger partial charge in [0, 0.05) is 17.3 Å². The van der Waals surface area contributed by atoms with Gasteiger partial charge in [0.05, 0.1) is 5.69 Å². The monoisotopic (exact) mass is 303 g/mol. The zero-order chi connectivity index (χ0) is 16.1. The van der Waals surface area contributed by atoms with Crippen LogP contribution in [0.5, 0.6) is 5.75 Å². The van der Waals surface area contributed by atoms with Crippen LogP contribution < -0.4 is 4.74 Å². The molecule has 0 aliphatic heterocycles. The third-order valence-electron chi connectivity index (χ3n) is 3.57. The second kappa shape index (κ2) is 6.88. The zero-order valence-corrected chi connectivity index (χ0v) is 12.9. The predicted octanol–water partition coefficient (Wildman–Crippen LogP) is 4.53. The van der Waals surface area contributed by atoms with Gasteiger partial charge in [0.2, 0.25) is 0 Å². The van der Waals surface area contributed by atoms with Crippen molar-refractivity contribution in [3.63, 3.8) is 0 Å². The Morgan fingerprint density at radius 1 is 0.957 bits per heavy atom. The number of carbonyl (C=O) groups excluding carboxylic acids is 1. The van der Waals surface area contributed by atoms with Crippen LogP contribution in [0.15, 0.2) is 72.9 Å². The molecule has 2 aromatic carbocycles. The number of hydrogen-bond acceptors (Lipinski definition) is 3. The van der Waals surface area contributed by atoms with E-state index in [1.807, 2.05) is 60.7 Å². The second-order valence-electron chi connectivity index (χ2n) is 5.26. The highest BCUT2D eigenvalue weighted by Gasteiger charge is 2.08. The molecule has 0 aliphatic rings. The largest absolute Gasteiger partial charge is 0.488 e. The average molecular weight is 303 g/mol. The molecule has 3 aromatic rings. The van der Waals surface area contributed by atoms with E-state index in [2.05, 4.69) is 4.98 Å². The Balaban J connectivity index is 1.84. The van der Waals surface area contributed by atoms with Crippen LogP contribution >= 0.6 is 0 Å². The van der Waals surface area contributed by atoms with Gasteiger partial charge in [-0.25, -0.2) is 0 Å². The van der Waals surface area contributed by atoms with Gasteiger partial charge in [-0.05, 0) is 36.8 Å². The third kappa shape index (κ3) is 3.64. The first-order valence-corrected chi connectivity index (χ1v) is 7.47. The lowest BCUT2D eigenvalue weighted by Gasteiger charge is -2.11. The molecule has 1 heterocycles. The van der Waals surface area contributed by atoms with Crippen LogP contribution in [-0.4, -0.2) is 10.8 Å². The first kappa shape index (κ1) is 15.0. The van der Waals surface area contributed by atoms with Gasteiger partial charge in [0.25, 0.3) is 0 Å². The van der Waals surface area contributed by atoms with Crippen LogP contribution in [0.3, 0.4) is 0 Å². The van der Waals surface area contributed by atoms with Gasteiger partial charge in [-0.1, -0.05) is 42.5 Å². The number of rotatable bonds is 5. The molecule has 0 N–H and O–H groups in total. The minimum absolute atomic E-state index is 0.0117. The topological polar surface area (TPSA) is 39.2 Å². The van der Waals surface area contributed by atoms with Gasteiger partial charge in [-0.3, -0.25) is 9.78 Å². The van der Waals surface area contributed by atoms with E-state index in [1.165, 1.54) is 6.92 Å². The lowest BCUT2D eigenvalue weighted by molar-refractivity contribution is 0.101. The van der Waals surface area contributed by atoms with Gasteiger partial charge in [-0.15, -0.1) is 0 Å². The number of hydrogen-bond donors (Lipinski definition) is 0. The van der Waals surface area contributed by atoms with Crippen molar-refractivity contribution in [1.29, 1.82) is 0 Å². The molecule has 114 valence electrons. The van der Waals surface area contributed by atoms with E-state index in [4.69, 9.17) is 4.74 Å². The Morgan fingerprint density at radius 3 is 2.39 bits per heavy atom. The third-order valence-corrected chi connectivity index (χ3v) is 3.57. The summed E-state index contributed by atoms with van der Waals surface area (Å²) in [7, 11) is 0. The smallest absolute Gasteiger partial charge is 0.161 e. The van der Waals surface area contributed by atoms with Gasteiger partial charge in [0.15, 0.2) is 5.78 Å². The Morgan fingerprint density at radius 2 is 1.70 bits per heavy atom. The standard InChI is InChI=1S/C20H17NO2/c1-15(22)17-11-12-19(21-13-17)18-9-5-6-10-20(18)23-14-16-7-3-2-4-8-16/h2-13H,14H2,1H3. The summed E-state index contributed by atoms with van der Waals surface area (Å²) in [5.41, 5.74) is 3.43. The lowest BCUT2D eigenvalue weighted by Crippen LogP contribution is -1.98. The normalized spacial score (nSPS) is 10.3. The van der Waals surface area contributed by atoms with Crippen LogP contribution in [0.2, 0.25) is 0 Å². The summed E-state index contributed by atoms with van der Waals surface area (Å²) in [5.74, 6) is 0.789. The molecular formula is C20H17NO2. The maximum absolute atomic E-state index is 11.4. The number of ether oxygens (including phenoxy) is 1. The Hall–Kier alpha value is -2.94. The molecule has 23 heavy (non-hydrogen) atoms. The number of nitrogens with zero attached hydrogens (tertiary/aromatic N) is 1. The molecular weight excluding hydrogens is 286 g/mol. The number of para-hydroxylation sites is 1. The van der Waals surface area contributed by atoms with E-state index >= 15 is 0 Å². The number of aromatic nitrogens is 1. The fourth-order valence-corrected chi connectivity index (χ4v) is 2.30. The number of benzene rings is 2. The van der Waals surface area contributed by atoms with Gasteiger partial charge < -0.3 is 4.74 Å². The van der Waals surface area contributed by atoms with E-state index in [0.717, 1.165) is 22.6 Å². The first-order chi connectivity index (χ1) is 11.2. The summed E-state index contributed by atoms with van der Waals surface area (Å²) in [6.45, 7) is 2.04. The van der Waals surface area contributed by atoms with Crippen LogP contribution in [0.4, 0.5) is 0 Å². The summed E-state index contributed by atoms with van der Waals surface area (Å²) >= 11 is 0. The summed E-state index contributed by atoms with van der Waals surface area (Å²) in [5, 5.41) is 0. The quantitative estimate of drug-likeness (QED) is 0.650. The lowest BCUT2D eigenvalue weighted by atomic mass is 10.1. The molecule has 0 saturated heterocycles. The molecule has 1 aromatic heterocycles. The number of pyridine rings is 1. The molecule has 0 radical (unpaired) electrons. The van der Waals surface area contributed by atoms with Crippen molar-refractivity contribution >= 4 is 5.78 Å². The van der Waals surface area contributed by atoms with E-state index in [-0.39, 0.29) is 5.78 Å². The maximum atomic E-state index is 11.4. The van der Waals surface area contributed by atoms with E-state index in [0.29, 0.717) is 12.2 Å². The number of ketones is 1.